The molecular weight excluding hydrogens is 348 g/mol. The van der Waals surface area contributed by atoms with E-state index in [0.29, 0.717) is 11.3 Å². The van der Waals surface area contributed by atoms with E-state index in [9.17, 15) is 14.4 Å². The Labute approximate surface area is 157 Å². The van der Waals surface area contributed by atoms with E-state index in [1.165, 1.54) is 6.92 Å². The topological polar surface area (TPSA) is 105 Å². The summed E-state index contributed by atoms with van der Waals surface area (Å²) in [5, 5.41) is 14.1. The Morgan fingerprint density at radius 1 is 1.00 bits per heavy atom. The molecular formula is C20H22N2O5. The van der Waals surface area contributed by atoms with Gasteiger partial charge in [-0.3, -0.25) is 14.4 Å². The SMILES string of the molecule is COc1ccc(CC(NC(=O)c2ccccc2)C(=O)NC(C)C(=O)O)cc1. The molecule has 2 aromatic carbocycles. The van der Waals surface area contributed by atoms with Crippen molar-refractivity contribution < 1.29 is 24.2 Å². The molecule has 2 unspecified atom stereocenters. The molecule has 0 saturated heterocycles. The number of nitrogens with one attached hydrogen (secondary N) is 2. The van der Waals surface area contributed by atoms with Gasteiger partial charge in [0, 0.05) is 12.0 Å². The van der Waals surface area contributed by atoms with Crippen LogP contribution in [0.2, 0.25) is 0 Å². The standard InChI is InChI=1S/C20H22N2O5/c1-13(20(25)26)21-19(24)17(12-14-8-10-16(27-2)11-9-14)22-18(23)15-6-4-3-5-7-15/h3-11,13,17H,12H2,1-2H3,(H,21,24)(H,22,23)(H,25,26). The van der Waals surface area contributed by atoms with Gasteiger partial charge in [-0.2, -0.15) is 0 Å². The second-order valence-corrected chi connectivity index (χ2v) is 6.01. The van der Waals surface area contributed by atoms with E-state index in [1.807, 2.05) is 0 Å². The van der Waals surface area contributed by atoms with E-state index < -0.39 is 29.9 Å². The van der Waals surface area contributed by atoms with Crippen LogP contribution in [0.4, 0.5) is 0 Å². The van der Waals surface area contributed by atoms with Gasteiger partial charge in [0.1, 0.15) is 17.8 Å². The molecule has 142 valence electrons. The van der Waals surface area contributed by atoms with Gasteiger partial charge in [0.15, 0.2) is 0 Å². The summed E-state index contributed by atoms with van der Waals surface area (Å²) >= 11 is 0. The lowest BCUT2D eigenvalue weighted by Crippen LogP contribution is -2.51. The van der Waals surface area contributed by atoms with E-state index >= 15 is 0 Å². The number of methoxy groups -OCH3 is 1. The molecule has 7 heteroatoms. The van der Waals surface area contributed by atoms with Crippen LogP contribution in [0.25, 0.3) is 0 Å². The van der Waals surface area contributed by atoms with Crippen molar-refractivity contribution in [3.8, 4) is 5.75 Å². The Morgan fingerprint density at radius 2 is 1.63 bits per heavy atom. The molecule has 0 heterocycles. The van der Waals surface area contributed by atoms with Gasteiger partial charge >= 0.3 is 5.97 Å². The van der Waals surface area contributed by atoms with Gasteiger partial charge in [0.05, 0.1) is 7.11 Å². The number of amides is 2. The van der Waals surface area contributed by atoms with E-state index in [4.69, 9.17) is 9.84 Å². The van der Waals surface area contributed by atoms with Crippen molar-refractivity contribution >= 4 is 17.8 Å². The summed E-state index contributed by atoms with van der Waals surface area (Å²) in [6, 6.07) is 13.6. The van der Waals surface area contributed by atoms with Crippen LogP contribution in [-0.2, 0) is 16.0 Å². The maximum atomic E-state index is 12.5. The van der Waals surface area contributed by atoms with E-state index in [-0.39, 0.29) is 6.42 Å². The third-order valence-electron chi connectivity index (χ3n) is 3.99. The molecule has 0 radical (unpaired) electrons. The molecule has 2 amide bonds. The normalized spacial score (nSPS) is 12.5. The number of hydrogen-bond donors (Lipinski definition) is 3. The molecule has 0 aliphatic rings. The second-order valence-electron chi connectivity index (χ2n) is 6.01. The average Bonchev–Trinajstić information content (AvgIpc) is 2.68. The molecule has 27 heavy (non-hydrogen) atoms. The number of carboxylic acids is 1. The molecule has 0 bridgehead atoms. The zero-order valence-corrected chi connectivity index (χ0v) is 15.1. The second kappa shape index (κ2) is 9.38. The van der Waals surface area contributed by atoms with Gasteiger partial charge in [-0.15, -0.1) is 0 Å². The first-order chi connectivity index (χ1) is 12.9. The number of carbonyl (C=O) groups is 3. The van der Waals surface area contributed by atoms with E-state index in [0.717, 1.165) is 5.56 Å². The minimum Gasteiger partial charge on any atom is -0.497 e. The largest absolute Gasteiger partial charge is 0.497 e. The molecule has 7 nitrogen and oxygen atoms in total. The fraction of sp³-hybridized carbons (Fsp3) is 0.250. The van der Waals surface area contributed by atoms with Crippen LogP contribution in [0, 0.1) is 0 Å². The van der Waals surface area contributed by atoms with E-state index in [1.54, 1.807) is 61.7 Å². The maximum Gasteiger partial charge on any atom is 0.325 e. The molecule has 0 fully saturated rings. The third kappa shape index (κ3) is 5.85. The molecule has 0 aliphatic carbocycles. The van der Waals surface area contributed by atoms with Crippen molar-refractivity contribution in [3.63, 3.8) is 0 Å². The summed E-state index contributed by atoms with van der Waals surface area (Å²) in [6.07, 6.45) is 0.209. The number of aliphatic carboxylic acids is 1. The molecule has 0 saturated carbocycles. The molecule has 3 N–H and O–H groups in total. The van der Waals surface area contributed by atoms with Crippen molar-refractivity contribution in [1.29, 1.82) is 0 Å². The summed E-state index contributed by atoms with van der Waals surface area (Å²) in [7, 11) is 1.55. The molecule has 0 aromatic heterocycles. The number of carboxylic acid groups (broad SMARTS) is 1. The van der Waals surface area contributed by atoms with Crippen LogP contribution < -0.4 is 15.4 Å². The van der Waals surface area contributed by atoms with Crippen molar-refractivity contribution in [3.05, 3.63) is 65.7 Å². The van der Waals surface area contributed by atoms with Crippen molar-refractivity contribution in [1.82, 2.24) is 10.6 Å². The van der Waals surface area contributed by atoms with Crippen molar-refractivity contribution in [2.24, 2.45) is 0 Å². The van der Waals surface area contributed by atoms with Gasteiger partial charge in [-0.1, -0.05) is 30.3 Å². The predicted molar refractivity (Wildman–Crippen MR) is 99.6 cm³/mol. The highest BCUT2D eigenvalue weighted by molar-refractivity contribution is 5.98. The zero-order chi connectivity index (χ0) is 19.8. The third-order valence-corrected chi connectivity index (χ3v) is 3.99. The van der Waals surface area contributed by atoms with E-state index in [2.05, 4.69) is 10.6 Å². The molecule has 2 atom stereocenters. The van der Waals surface area contributed by atoms with Gasteiger partial charge in [-0.05, 0) is 36.8 Å². The van der Waals surface area contributed by atoms with Crippen LogP contribution in [0.1, 0.15) is 22.8 Å². The predicted octanol–water partition coefficient (Wildman–Crippen LogP) is 1.63. The van der Waals surface area contributed by atoms with Gasteiger partial charge in [0.2, 0.25) is 5.91 Å². The van der Waals surface area contributed by atoms with Crippen LogP contribution in [-0.4, -0.2) is 42.1 Å². The van der Waals surface area contributed by atoms with Gasteiger partial charge in [-0.25, -0.2) is 0 Å². The summed E-state index contributed by atoms with van der Waals surface area (Å²) in [6.45, 7) is 1.36. The summed E-state index contributed by atoms with van der Waals surface area (Å²) in [5.74, 6) is -1.45. The quantitative estimate of drug-likeness (QED) is 0.655. The Bertz CT molecular complexity index is 790. The number of ether oxygens (including phenoxy) is 1. The first kappa shape index (κ1) is 20.0. The lowest BCUT2D eigenvalue weighted by atomic mass is 10.0. The van der Waals surface area contributed by atoms with Crippen molar-refractivity contribution in [2.45, 2.75) is 25.4 Å². The molecule has 2 aromatic rings. The fourth-order valence-electron chi connectivity index (χ4n) is 2.41. The van der Waals surface area contributed by atoms with Crippen molar-refractivity contribution in [2.75, 3.05) is 7.11 Å². The Hall–Kier alpha value is -3.35. The minimum atomic E-state index is -1.15. The molecule has 0 aliphatic heterocycles. The summed E-state index contributed by atoms with van der Waals surface area (Å²) in [4.78, 5) is 36.0. The van der Waals surface area contributed by atoms with Gasteiger partial charge in [0.25, 0.3) is 5.91 Å². The molecule has 0 spiro atoms. The van der Waals surface area contributed by atoms with Gasteiger partial charge < -0.3 is 20.5 Å². The number of hydrogen-bond acceptors (Lipinski definition) is 4. The highest BCUT2D eigenvalue weighted by Crippen LogP contribution is 2.13. The first-order valence-corrected chi connectivity index (χ1v) is 8.42. The summed E-state index contributed by atoms with van der Waals surface area (Å²) in [5.41, 5.74) is 1.21. The zero-order valence-electron chi connectivity index (χ0n) is 15.1. The Morgan fingerprint density at radius 3 is 2.19 bits per heavy atom. The lowest BCUT2D eigenvalue weighted by molar-refractivity contribution is -0.141. The minimum absolute atomic E-state index is 0.209. The van der Waals surface area contributed by atoms with Crippen LogP contribution in [0.15, 0.2) is 54.6 Å². The smallest absolute Gasteiger partial charge is 0.325 e. The lowest BCUT2D eigenvalue weighted by Gasteiger charge is -2.20. The highest BCUT2D eigenvalue weighted by Gasteiger charge is 2.25. The highest BCUT2D eigenvalue weighted by atomic mass is 16.5. The van der Waals surface area contributed by atoms with Crippen LogP contribution in [0.5, 0.6) is 5.75 Å². The van der Waals surface area contributed by atoms with Crippen LogP contribution in [0.3, 0.4) is 0 Å². The first-order valence-electron chi connectivity index (χ1n) is 8.42. The average molecular weight is 370 g/mol. The summed E-state index contributed by atoms with van der Waals surface area (Å²) < 4.78 is 5.11. The number of carbonyl (C=O) groups excluding carboxylic acids is 2. The van der Waals surface area contributed by atoms with Crippen LogP contribution >= 0.6 is 0 Å². The number of benzene rings is 2. The maximum absolute atomic E-state index is 12.5. The Balaban J connectivity index is 2.17. The molecule has 2 rings (SSSR count). The fourth-order valence-corrected chi connectivity index (χ4v) is 2.41. The monoisotopic (exact) mass is 370 g/mol. The number of rotatable bonds is 8. The Kier molecular flexibility index (Phi) is 6.93.